The number of rotatable bonds is 5. The average Bonchev–Trinajstić information content (AvgIpc) is 2.70. The standard InChI is InChI=1S/C15H18F2N2OS/c1-8(2)18-7-11-5-12(16)14(13(17)6-11)21-15-19-9(3)10(4)20-15/h5-6,8,18H,7H2,1-4H3. The quantitative estimate of drug-likeness (QED) is 0.897. The lowest BCUT2D eigenvalue weighted by Crippen LogP contribution is -2.22. The molecule has 3 nitrogen and oxygen atoms in total. The average molecular weight is 312 g/mol. The van der Waals surface area contributed by atoms with Crippen LogP contribution < -0.4 is 5.32 Å². The zero-order valence-electron chi connectivity index (χ0n) is 12.5. The minimum Gasteiger partial charge on any atom is -0.436 e. The third-order valence-corrected chi connectivity index (χ3v) is 3.91. The number of nitrogens with zero attached hydrogens (tertiary/aromatic N) is 1. The van der Waals surface area contributed by atoms with Crippen LogP contribution >= 0.6 is 11.8 Å². The van der Waals surface area contributed by atoms with E-state index in [1.807, 2.05) is 13.8 Å². The zero-order chi connectivity index (χ0) is 15.6. The smallest absolute Gasteiger partial charge is 0.261 e. The molecule has 2 rings (SSSR count). The van der Waals surface area contributed by atoms with E-state index >= 15 is 0 Å². The molecule has 2 aromatic rings. The van der Waals surface area contributed by atoms with Crippen molar-refractivity contribution in [2.45, 2.75) is 50.4 Å². The number of hydrogen-bond donors (Lipinski definition) is 1. The highest BCUT2D eigenvalue weighted by Crippen LogP contribution is 2.33. The van der Waals surface area contributed by atoms with E-state index in [1.54, 1.807) is 13.8 Å². The molecule has 0 spiro atoms. The van der Waals surface area contributed by atoms with Gasteiger partial charge in [0.2, 0.25) is 0 Å². The summed E-state index contributed by atoms with van der Waals surface area (Å²) < 4.78 is 33.5. The Labute approximate surface area is 127 Å². The molecule has 1 heterocycles. The van der Waals surface area contributed by atoms with E-state index in [0.29, 0.717) is 17.9 Å². The lowest BCUT2D eigenvalue weighted by atomic mass is 10.2. The Morgan fingerprint density at radius 2 is 1.86 bits per heavy atom. The van der Waals surface area contributed by atoms with Crippen LogP contribution in [0.3, 0.4) is 0 Å². The summed E-state index contributed by atoms with van der Waals surface area (Å²) >= 11 is 0.861. The first-order chi connectivity index (χ1) is 9.86. The van der Waals surface area contributed by atoms with Gasteiger partial charge in [-0.05, 0) is 43.3 Å². The molecule has 0 unspecified atom stereocenters. The predicted molar refractivity (Wildman–Crippen MR) is 78.4 cm³/mol. The first kappa shape index (κ1) is 16.0. The van der Waals surface area contributed by atoms with Crippen molar-refractivity contribution in [3.63, 3.8) is 0 Å². The third kappa shape index (κ3) is 4.04. The van der Waals surface area contributed by atoms with E-state index in [0.717, 1.165) is 17.5 Å². The molecule has 0 aliphatic rings. The molecule has 0 amide bonds. The van der Waals surface area contributed by atoms with E-state index in [-0.39, 0.29) is 16.2 Å². The lowest BCUT2D eigenvalue weighted by Gasteiger charge is -2.10. The van der Waals surface area contributed by atoms with Gasteiger partial charge in [0.05, 0.1) is 10.6 Å². The molecule has 114 valence electrons. The van der Waals surface area contributed by atoms with E-state index in [1.165, 1.54) is 12.1 Å². The highest BCUT2D eigenvalue weighted by Gasteiger charge is 2.16. The first-order valence-corrected chi connectivity index (χ1v) is 7.51. The molecule has 1 aromatic heterocycles. The number of halogens is 2. The molecular formula is C15H18F2N2OS. The van der Waals surface area contributed by atoms with Gasteiger partial charge in [-0.3, -0.25) is 0 Å². The summed E-state index contributed by atoms with van der Waals surface area (Å²) in [7, 11) is 0. The topological polar surface area (TPSA) is 38.1 Å². The summed E-state index contributed by atoms with van der Waals surface area (Å²) in [6.07, 6.45) is 0. The van der Waals surface area contributed by atoms with Gasteiger partial charge >= 0.3 is 0 Å². The molecule has 0 atom stereocenters. The second-order valence-electron chi connectivity index (χ2n) is 5.15. The van der Waals surface area contributed by atoms with Crippen molar-refractivity contribution >= 4 is 11.8 Å². The molecule has 0 aliphatic carbocycles. The van der Waals surface area contributed by atoms with Gasteiger partial charge in [-0.25, -0.2) is 13.8 Å². The molecule has 0 saturated heterocycles. The number of aromatic nitrogens is 1. The van der Waals surface area contributed by atoms with Gasteiger partial charge < -0.3 is 9.73 Å². The van der Waals surface area contributed by atoms with Crippen molar-refractivity contribution in [2.75, 3.05) is 0 Å². The van der Waals surface area contributed by atoms with Crippen LogP contribution in [0.1, 0.15) is 30.9 Å². The Kier molecular flexibility index (Phi) is 5.00. The number of hydrogen-bond acceptors (Lipinski definition) is 4. The minimum atomic E-state index is -0.603. The van der Waals surface area contributed by atoms with Crippen LogP contribution in [0.25, 0.3) is 0 Å². The lowest BCUT2D eigenvalue weighted by molar-refractivity contribution is 0.429. The Morgan fingerprint density at radius 1 is 1.24 bits per heavy atom. The van der Waals surface area contributed by atoms with Gasteiger partial charge in [-0.1, -0.05) is 13.8 Å². The molecule has 0 fully saturated rings. The van der Waals surface area contributed by atoms with Crippen molar-refractivity contribution < 1.29 is 13.2 Å². The molecular weight excluding hydrogens is 294 g/mol. The van der Waals surface area contributed by atoms with Gasteiger partial charge in [-0.2, -0.15) is 0 Å². The maximum Gasteiger partial charge on any atom is 0.261 e. The molecule has 1 N–H and O–H groups in total. The second-order valence-corrected chi connectivity index (χ2v) is 6.11. The predicted octanol–water partition coefficient (Wildman–Crippen LogP) is 4.22. The van der Waals surface area contributed by atoms with Crippen molar-refractivity contribution in [3.8, 4) is 0 Å². The van der Waals surface area contributed by atoms with Crippen molar-refractivity contribution in [2.24, 2.45) is 0 Å². The normalized spacial score (nSPS) is 11.4. The highest BCUT2D eigenvalue weighted by atomic mass is 32.2. The van der Waals surface area contributed by atoms with Crippen LogP contribution in [-0.4, -0.2) is 11.0 Å². The van der Waals surface area contributed by atoms with Gasteiger partial charge in [0.15, 0.2) is 0 Å². The van der Waals surface area contributed by atoms with E-state index in [2.05, 4.69) is 10.3 Å². The Morgan fingerprint density at radius 3 is 2.33 bits per heavy atom. The molecule has 0 aliphatic heterocycles. The van der Waals surface area contributed by atoms with Gasteiger partial charge in [-0.15, -0.1) is 0 Å². The van der Waals surface area contributed by atoms with Crippen LogP contribution in [-0.2, 0) is 6.54 Å². The summed E-state index contributed by atoms with van der Waals surface area (Å²) in [6, 6.07) is 2.93. The monoisotopic (exact) mass is 312 g/mol. The van der Waals surface area contributed by atoms with Crippen molar-refractivity contribution in [3.05, 3.63) is 40.8 Å². The number of oxazole rings is 1. The van der Waals surface area contributed by atoms with Gasteiger partial charge in [0.25, 0.3) is 5.22 Å². The number of aryl methyl sites for hydroxylation is 2. The third-order valence-electron chi connectivity index (χ3n) is 2.97. The van der Waals surface area contributed by atoms with E-state index < -0.39 is 11.6 Å². The van der Waals surface area contributed by atoms with E-state index in [4.69, 9.17) is 4.42 Å². The minimum absolute atomic E-state index is 0.0930. The van der Waals surface area contributed by atoms with Gasteiger partial charge in [0.1, 0.15) is 17.4 Å². The zero-order valence-corrected chi connectivity index (χ0v) is 13.3. The molecule has 0 bridgehead atoms. The molecule has 21 heavy (non-hydrogen) atoms. The fraction of sp³-hybridized carbons (Fsp3) is 0.400. The Hall–Kier alpha value is -1.40. The SMILES string of the molecule is Cc1nc(Sc2c(F)cc(CNC(C)C)cc2F)oc1C. The Balaban J connectivity index is 2.20. The summed E-state index contributed by atoms with van der Waals surface area (Å²) in [5.41, 5.74) is 1.29. The number of nitrogens with one attached hydrogen (secondary N) is 1. The van der Waals surface area contributed by atoms with Crippen LogP contribution in [0.5, 0.6) is 0 Å². The molecule has 0 radical (unpaired) electrons. The summed E-state index contributed by atoms with van der Waals surface area (Å²) in [5.74, 6) is -0.556. The highest BCUT2D eigenvalue weighted by molar-refractivity contribution is 7.99. The maximum absolute atomic E-state index is 14.1. The fourth-order valence-corrected chi connectivity index (χ4v) is 2.54. The fourth-order valence-electron chi connectivity index (χ4n) is 1.71. The van der Waals surface area contributed by atoms with Crippen molar-refractivity contribution in [1.82, 2.24) is 10.3 Å². The van der Waals surface area contributed by atoms with Crippen LogP contribution in [0, 0.1) is 25.5 Å². The summed E-state index contributed by atoms with van der Waals surface area (Å²) in [5, 5.41) is 3.37. The Bertz CT molecular complexity index is 598. The second kappa shape index (κ2) is 6.58. The van der Waals surface area contributed by atoms with Crippen LogP contribution in [0.15, 0.2) is 26.7 Å². The number of benzene rings is 1. The largest absolute Gasteiger partial charge is 0.436 e. The van der Waals surface area contributed by atoms with Crippen LogP contribution in [0.2, 0.25) is 0 Å². The van der Waals surface area contributed by atoms with Crippen molar-refractivity contribution in [1.29, 1.82) is 0 Å². The first-order valence-electron chi connectivity index (χ1n) is 6.70. The molecule has 1 aromatic carbocycles. The van der Waals surface area contributed by atoms with E-state index in [9.17, 15) is 8.78 Å². The van der Waals surface area contributed by atoms with Crippen LogP contribution in [0.4, 0.5) is 8.78 Å². The molecule has 6 heteroatoms. The van der Waals surface area contributed by atoms with Gasteiger partial charge in [0, 0.05) is 12.6 Å². The summed E-state index contributed by atoms with van der Waals surface area (Å²) in [6.45, 7) is 7.93. The molecule has 0 saturated carbocycles. The maximum atomic E-state index is 14.1. The summed E-state index contributed by atoms with van der Waals surface area (Å²) in [4.78, 5) is 4.03.